The van der Waals surface area contributed by atoms with Crippen molar-refractivity contribution in [3.05, 3.63) is 0 Å². The molecule has 1 heterocycles. The number of hydrogen-bond acceptors (Lipinski definition) is 2. The van der Waals surface area contributed by atoms with Crippen LogP contribution in [0.1, 0.15) is 40.0 Å². The predicted octanol–water partition coefficient (Wildman–Crippen LogP) is 3.10. The molecular weight excluding hydrogens is 314 g/mol. The van der Waals surface area contributed by atoms with E-state index in [1.165, 1.54) is 6.26 Å². The minimum absolute atomic E-state index is 0.492. The van der Waals surface area contributed by atoms with E-state index >= 15 is 0 Å². The summed E-state index contributed by atoms with van der Waals surface area (Å²) in [6.07, 6.45) is 4.60. The lowest BCUT2D eigenvalue weighted by atomic mass is 9.82. The fourth-order valence-corrected chi connectivity index (χ4v) is 4.66. The van der Waals surface area contributed by atoms with E-state index in [0.29, 0.717) is 35.7 Å². The average molecular weight is 340 g/mol. The van der Waals surface area contributed by atoms with E-state index in [0.717, 1.165) is 19.3 Å². The van der Waals surface area contributed by atoms with E-state index in [1.54, 1.807) is 4.31 Å². The van der Waals surface area contributed by atoms with Crippen molar-refractivity contribution in [2.75, 3.05) is 19.3 Å². The van der Waals surface area contributed by atoms with Gasteiger partial charge in [-0.05, 0) is 37.0 Å². The first-order chi connectivity index (χ1) is 8.21. The molecule has 3 nitrogen and oxygen atoms in total. The average Bonchev–Trinajstić information content (AvgIpc) is 2.24. The molecule has 0 radical (unpaired) electrons. The number of nitrogens with zero attached hydrogens (tertiary/aromatic N) is 1. The molecule has 1 rings (SSSR count). The largest absolute Gasteiger partial charge is 0.213 e. The van der Waals surface area contributed by atoms with Gasteiger partial charge in [-0.3, -0.25) is 0 Å². The minimum Gasteiger partial charge on any atom is -0.213 e. The highest BCUT2D eigenvalue weighted by Crippen LogP contribution is 2.32. The summed E-state index contributed by atoms with van der Waals surface area (Å²) in [5, 5.41) is 0. The highest BCUT2D eigenvalue weighted by Gasteiger charge is 2.29. The summed E-state index contributed by atoms with van der Waals surface area (Å²) in [6.45, 7) is 8.11. The molecule has 0 aliphatic carbocycles. The lowest BCUT2D eigenvalue weighted by molar-refractivity contribution is 0.209. The number of piperidine rings is 1. The topological polar surface area (TPSA) is 37.4 Å². The van der Waals surface area contributed by atoms with Gasteiger partial charge in [-0.2, -0.15) is 0 Å². The summed E-state index contributed by atoms with van der Waals surface area (Å²) in [7, 11) is -3.01. The maximum Gasteiger partial charge on any atom is 0.211 e. The molecule has 0 amide bonds. The zero-order valence-electron chi connectivity index (χ0n) is 11.9. The molecule has 0 aromatic carbocycles. The van der Waals surface area contributed by atoms with Crippen molar-refractivity contribution >= 4 is 26.0 Å². The third-order valence-corrected chi connectivity index (χ3v) is 5.95. The second-order valence-electron chi connectivity index (χ2n) is 5.95. The number of hydrogen-bond donors (Lipinski definition) is 0. The highest BCUT2D eigenvalue weighted by molar-refractivity contribution is 9.09. The van der Waals surface area contributed by atoms with Crippen LogP contribution >= 0.6 is 15.9 Å². The molecule has 1 aliphatic heterocycles. The van der Waals surface area contributed by atoms with Gasteiger partial charge in [0, 0.05) is 17.9 Å². The fourth-order valence-electron chi connectivity index (χ4n) is 2.90. The first kappa shape index (κ1) is 16.4. The molecule has 3 unspecified atom stereocenters. The van der Waals surface area contributed by atoms with E-state index in [2.05, 4.69) is 36.7 Å². The summed E-state index contributed by atoms with van der Waals surface area (Å²) < 4.78 is 24.9. The third-order valence-electron chi connectivity index (χ3n) is 4.00. The van der Waals surface area contributed by atoms with Gasteiger partial charge in [-0.15, -0.1) is 0 Å². The maximum absolute atomic E-state index is 11.6. The minimum atomic E-state index is -3.01. The quantitative estimate of drug-likeness (QED) is 0.721. The SMILES string of the molecule is CC(C)C(CC1CCCN(S(C)(=O)=O)C1)C(C)Br. The van der Waals surface area contributed by atoms with E-state index < -0.39 is 10.0 Å². The lowest BCUT2D eigenvalue weighted by Gasteiger charge is -2.35. The Morgan fingerprint density at radius 1 is 1.33 bits per heavy atom. The Morgan fingerprint density at radius 2 is 1.94 bits per heavy atom. The predicted molar refractivity (Wildman–Crippen MR) is 80.5 cm³/mol. The Kier molecular flexibility index (Phi) is 6.13. The van der Waals surface area contributed by atoms with Crippen LogP contribution in [-0.4, -0.2) is 36.9 Å². The van der Waals surface area contributed by atoms with Gasteiger partial charge in [-0.25, -0.2) is 12.7 Å². The first-order valence-corrected chi connectivity index (χ1v) is 9.57. The molecular formula is C13H26BrNO2S. The number of alkyl halides is 1. The molecule has 108 valence electrons. The molecule has 1 saturated heterocycles. The molecule has 0 aromatic heterocycles. The number of halogens is 1. The Hall–Kier alpha value is 0.390. The Morgan fingerprint density at radius 3 is 2.39 bits per heavy atom. The van der Waals surface area contributed by atoms with Crippen LogP contribution in [0, 0.1) is 17.8 Å². The van der Waals surface area contributed by atoms with E-state index in [4.69, 9.17) is 0 Å². The summed E-state index contributed by atoms with van der Waals surface area (Å²) in [4.78, 5) is 0.492. The van der Waals surface area contributed by atoms with Gasteiger partial charge in [0.25, 0.3) is 0 Å². The number of sulfonamides is 1. The van der Waals surface area contributed by atoms with Crippen LogP contribution in [-0.2, 0) is 10.0 Å². The second-order valence-corrected chi connectivity index (χ2v) is 9.38. The van der Waals surface area contributed by atoms with Crippen LogP contribution in [0.15, 0.2) is 0 Å². The highest BCUT2D eigenvalue weighted by atomic mass is 79.9. The molecule has 0 saturated carbocycles. The molecule has 0 N–H and O–H groups in total. The first-order valence-electron chi connectivity index (χ1n) is 6.81. The van der Waals surface area contributed by atoms with Crippen molar-refractivity contribution in [1.82, 2.24) is 4.31 Å². The van der Waals surface area contributed by atoms with Gasteiger partial charge in [0.1, 0.15) is 0 Å². The van der Waals surface area contributed by atoms with E-state index in [-0.39, 0.29) is 0 Å². The monoisotopic (exact) mass is 339 g/mol. The molecule has 5 heteroatoms. The smallest absolute Gasteiger partial charge is 0.211 e. The summed E-state index contributed by atoms with van der Waals surface area (Å²) >= 11 is 3.69. The Balaban J connectivity index is 2.62. The zero-order chi connectivity index (χ0) is 13.9. The number of rotatable bonds is 5. The molecule has 0 spiro atoms. The molecule has 0 aromatic rings. The summed E-state index contributed by atoms with van der Waals surface area (Å²) in [5.41, 5.74) is 0. The lowest BCUT2D eigenvalue weighted by Crippen LogP contribution is -2.40. The summed E-state index contributed by atoms with van der Waals surface area (Å²) in [5.74, 6) is 1.77. The van der Waals surface area contributed by atoms with Crippen LogP contribution in [0.2, 0.25) is 0 Å². The van der Waals surface area contributed by atoms with E-state index in [9.17, 15) is 8.42 Å². The normalized spacial score (nSPS) is 26.2. The van der Waals surface area contributed by atoms with Gasteiger partial charge in [0.15, 0.2) is 0 Å². The van der Waals surface area contributed by atoms with Gasteiger partial charge >= 0.3 is 0 Å². The molecule has 0 bridgehead atoms. The van der Waals surface area contributed by atoms with Crippen molar-refractivity contribution in [3.63, 3.8) is 0 Å². The van der Waals surface area contributed by atoms with Crippen LogP contribution < -0.4 is 0 Å². The van der Waals surface area contributed by atoms with Crippen molar-refractivity contribution in [1.29, 1.82) is 0 Å². The van der Waals surface area contributed by atoms with Gasteiger partial charge in [-0.1, -0.05) is 36.7 Å². The van der Waals surface area contributed by atoms with Crippen LogP contribution in [0.25, 0.3) is 0 Å². The van der Waals surface area contributed by atoms with Crippen LogP contribution in [0.3, 0.4) is 0 Å². The standard InChI is InChI=1S/C13H26BrNO2S/c1-10(2)13(11(3)14)8-12-6-5-7-15(9-12)18(4,16)17/h10-13H,5-9H2,1-4H3. The Bertz CT molecular complexity index is 346. The summed E-state index contributed by atoms with van der Waals surface area (Å²) in [6, 6.07) is 0. The second kappa shape index (κ2) is 6.71. The van der Waals surface area contributed by atoms with Crippen molar-refractivity contribution < 1.29 is 8.42 Å². The third kappa shape index (κ3) is 4.82. The van der Waals surface area contributed by atoms with Gasteiger partial charge in [0.05, 0.1) is 6.26 Å². The maximum atomic E-state index is 11.6. The van der Waals surface area contributed by atoms with Crippen LogP contribution in [0.5, 0.6) is 0 Å². The van der Waals surface area contributed by atoms with Crippen molar-refractivity contribution in [2.45, 2.75) is 44.9 Å². The molecule has 3 atom stereocenters. The molecule has 18 heavy (non-hydrogen) atoms. The molecule has 1 fully saturated rings. The van der Waals surface area contributed by atoms with Gasteiger partial charge < -0.3 is 0 Å². The van der Waals surface area contributed by atoms with Crippen LogP contribution in [0.4, 0.5) is 0 Å². The zero-order valence-corrected chi connectivity index (χ0v) is 14.3. The van der Waals surface area contributed by atoms with Crippen molar-refractivity contribution in [2.24, 2.45) is 17.8 Å². The Labute approximate surface area is 121 Å². The molecule has 1 aliphatic rings. The van der Waals surface area contributed by atoms with E-state index in [1.807, 2.05) is 0 Å². The van der Waals surface area contributed by atoms with Gasteiger partial charge in [0.2, 0.25) is 10.0 Å². The fraction of sp³-hybridized carbons (Fsp3) is 1.00. The van der Waals surface area contributed by atoms with Crippen molar-refractivity contribution in [3.8, 4) is 0 Å².